The van der Waals surface area contributed by atoms with Crippen LogP contribution < -0.4 is 10.3 Å². The average molecular weight is 426 g/mol. The topological polar surface area (TPSA) is 56.5 Å². The van der Waals surface area contributed by atoms with Gasteiger partial charge in [0.2, 0.25) is 5.75 Å². The maximum absolute atomic E-state index is 13.3. The Morgan fingerprint density at radius 3 is 2.48 bits per heavy atom. The van der Waals surface area contributed by atoms with Crippen molar-refractivity contribution in [1.29, 1.82) is 0 Å². The molecule has 3 aromatic heterocycles. The molecule has 0 spiro atoms. The van der Waals surface area contributed by atoms with Gasteiger partial charge < -0.3 is 4.74 Å². The number of hydrogen-bond acceptors (Lipinski definition) is 5. The first kappa shape index (κ1) is 19.2. The molecule has 0 saturated carbocycles. The molecule has 0 aliphatic carbocycles. The van der Waals surface area contributed by atoms with Crippen LogP contribution in [0.2, 0.25) is 0 Å². The highest BCUT2D eigenvalue weighted by Crippen LogP contribution is 2.34. The van der Waals surface area contributed by atoms with Gasteiger partial charge in [-0.15, -0.1) is 11.3 Å². The molecule has 5 nitrogen and oxygen atoms in total. The van der Waals surface area contributed by atoms with Crippen molar-refractivity contribution in [1.82, 2.24) is 14.4 Å². The Balaban J connectivity index is 1.63. The summed E-state index contributed by atoms with van der Waals surface area (Å²) in [6.07, 6.45) is 3.59. The van der Waals surface area contributed by atoms with E-state index < -0.39 is 0 Å². The molecule has 3 heterocycles. The molecule has 6 heteroatoms. The molecule has 0 aliphatic rings. The van der Waals surface area contributed by atoms with E-state index in [4.69, 9.17) is 9.72 Å². The highest BCUT2D eigenvalue weighted by atomic mass is 32.1. The van der Waals surface area contributed by atoms with Gasteiger partial charge in [0.25, 0.3) is 0 Å². The third kappa shape index (κ3) is 3.85. The molecule has 0 fully saturated rings. The molecule has 2 aromatic carbocycles. The molecule has 0 bridgehead atoms. The number of pyridine rings is 1. The molecule has 0 radical (unpaired) electrons. The van der Waals surface area contributed by atoms with Gasteiger partial charge in [-0.1, -0.05) is 66.7 Å². The molecule has 0 amide bonds. The van der Waals surface area contributed by atoms with Crippen LogP contribution in [0.5, 0.6) is 5.75 Å². The number of thiazole rings is 1. The zero-order valence-electron chi connectivity index (χ0n) is 16.9. The highest BCUT2D eigenvalue weighted by Gasteiger charge is 2.19. The van der Waals surface area contributed by atoms with Crippen molar-refractivity contribution >= 4 is 17.0 Å². The lowest BCUT2D eigenvalue weighted by Gasteiger charge is -2.11. The largest absolute Gasteiger partial charge is 0.481 e. The molecule has 0 saturated heterocycles. The van der Waals surface area contributed by atoms with Crippen LogP contribution in [0.1, 0.15) is 11.1 Å². The van der Waals surface area contributed by atoms with Gasteiger partial charge >= 0.3 is 5.56 Å². The van der Waals surface area contributed by atoms with E-state index in [1.54, 1.807) is 6.20 Å². The number of ether oxygens (including phenoxy) is 1. The summed E-state index contributed by atoms with van der Waals surface area (Å²) < 4.78 is 7.57. The van der Waals surface area contributed by atoms with Gasteiger partial charge in [0.15, 0.2) is 0 Å². The van der Waals surface area contributed by atoms with Gasteiger partial charge in [0.1, 0.15) is 23.0 Å². The van der Waals surface area contributed by atoms with E-state index in [-0.39, 0.29) is 17.9 Å². The Hall–Kier alpha value is -3.77. The fourth-order valence-corrected chi connectivity index (χ4v) is 4.26. The summed E-state index contributed by atoms with van der Waals surface area (Å²) in [5.74, 6) is 0.209. The predicted molar refractivity (Wildman–Crippen MR) is 124 cm³/mol. The Labute approximate surface area is 183 Å². The van der Waals surface area contributed by atoms with Crippen LogP contribution in [-0.4, -0.2) is 14.4 Å². The fraction of sp³-hybridized carbons (Fsp3) is 0.0800. The Morgan fingerprint density at radius 1 is 0.968 bits per heavy atom. The van der Waals surface area contributed by atoms with E-state index in [2.05, 4.69) is 4.98 Å². The minimum Gasteiger partial charge on any atom is -0.481 e. The summed E-state index contributed by atoms with van der Waals surface area (Å²) in [5, 5.41) is 0.655. The Kier molecular flexibility index (Phi) is 5.06. The van der Waals surface area contributed by atoms with Crippen molar-refractivity contribution in [3.05, 3.63) is 107 Å². The monoisotopic (exact) mass is 425 g/mol. The normalized spacial score (nSPS) is 11.0. The maximum atomic E-state index is 13.3. The van der Waals surface area contributed by atoms with Crippen molar-refractivity contribution in [3.8, 4) is 26.9 Å². The first-order valence-electron chi connectivity index (χ1n) is 9.90. The predicted octanol–water partition coefficient (Wildman–Crippen LogP) is 5.37. The van der Waals surface area contributed by atoms with E-state index in [9.17, 15) is 4.79 Å². The van der Waals surface area contributed by atoms with Crippen molar-refractivity contribution in [2.45, 2.75) is 13.5 Å². The van der Waals surface area contributed by atoms with Crippen LogP contribution in [0.25, 0.3) is 26.8 Å². The van der Waals surface area contributed by atoms with Crippen LogP contribution >= 0.6 is 11.3 Å². The standard InChI is InChI=1S/C25H19N3O2S/c1-17-12-13-21-27-22(24-26-14-20(31-24)19-10-6-3-7-11-19)23(25(29)28(21)15-17)30-16-18-8-4-2-5-9-18/h2-15H,16H2,1H3. The summed E-state index contributed by atoms with van der Waals surface area (Å²) in [7, 11) is 0. The van der Waals surface area contributed by atoms with E-state index in [0.717, 1.165) is 21.6 Å². The van der Waals surface area contributed by atoms with Gasteiger partial charge in [0, 0.05) is 12.4 Å². The zero-order valence-corrected chi connectivity index (χ0v) is 17.7. The highest BCUT2D eigenvalue weighted by molar-refractivity contribution is 7.18. The molecule has 0 atom stereocenters. The van der Waals surface area contributed by atoms with Crippen LogP contribution in [0.4, 0.5) is 0 Å². The first-order valence-corrected chi connectivity index (χ1v) is 10.7. The summed E-state index contributed by atoms with van der Waals surface area (Å²) in [5.41, 5.74) is 3.82. The molecular formula is C25H19N3O2S. The quantitative estimate of drug-likeness (QED) is 0.380. The summed E-state index contributed by atoms with van der Waals surface area (Å²) in [6.45, 7) is 2.22. The van der Waals surface area contributed by atoms with Gasteiger partial charge in [-0.05, 0) is 29.7 Å². The van der Waals surface area contributed by atoms with Crippen LogP contribution in [0.15, 0.2) is 90.0 Å². The van der Waals surface area contributed by atoms with Crippen LogP contribution in [-0.2, 0) is 6.61 Å². The number of aryl methyl sites for hydroxylation is 1. The van der Waals surface area contributed by atoms with Crippen molar-refractivity contribution < 1.29 is 4.74 Å². The molecule has 31 heavy (non-hydrogen) atoms. The SMILES string of the molecule is Cc1ccc2nc(-c3ncc(-c4ccccc4)s3)c(OCc3ccccc3)c(=O)n2c1. The molecular weight excluding hydrogens is 406 g/mol. The van der Waals surface area contributed by atoms with Gasteiger partial charge in [-0.3, -0.25) is 9.20 Å². The lowest BCUT2D eigenvalue weighted by molar-refractivity contribution is 0.301. The lowest BCUT2D eigenvalue weighted by Crippen LogP contribution is -2.19. The van der Waals surface area contributed by atoms with Gasteiger partial charge in [-0.2, -0.15) is 0 Å². The third-order valence-electron chi connectivity index (χ3n) is 4.92. The summed E-state index contributed by atoms with van der Waals surface area (Å²) in [4.78, 5) is 23.7. The van der Waals surface area contributed by atoms with E-state index in [1.807, 2.05) is 85.9 Å². The number of aromatic nitrogens is 3. The van der Waals surface area contributed by atoms with Crippen LogP contribution in [0.3, 0.4) is 0 Å². The molecule has 0 unspecified atom stereocenters. The van der Waals surface area contributed by atoms with Crippen LogP contribution in [0, 0.1) is 6.92 Å². The fourth-order valence-electron chi connectivity index (χ4n) is 3.35. The minimum atomic E-state index is -0.240. The second-order valence-electron chi connectivity index (χ2n) is 7.20. The van der Waals surface area contributed by atoms with Gasteiger partial charge in [0.05, 0.1) is 4.88 Å². The third-order valence-corrected chi connectivity index (χ3v) is 5.98. The number of rotatable bonds is 5. The number of fused-ring (bicyclic) bond motifs is 1. The second-order valence-corrected chi connectivity index (χ2v) is 8.23. The first-order chi connectivity index (χ1) is 15.2. The molecule has 0 aliphatic heterocycles. The summed E-state index contributed by atoms with van der Waals surface area (Å²) in [6, 6.07) is 23.6. The zero-order chi connectivity index (χ0) is 21.2. The number of benzene rings is 2. The van der Waals surface area contributed by atoms with E-state index in [0.29, 0.717) is 16.3 Å². The average Bonchev–Trinajstić information content (AvgIpc) is 3.30. The minimum absolute atomic E-state index is 0.209. The van der Waals surface area contributed by atoms with Crippen molar-refractivity contribution in [3.63, 3.8) is 0 Å². The lowest BCUT2D eigenvalue weighted by atomic mass is 10.2. The van der Waals surface area contributed by atoms with E-state index >= 15 is 0 Å². The second kappa shape index (κ2) is 8.16. The molecule has 152 valence electrons. The maximum Gasteiger partial charge on any atom is 0.301 e. The number of nitrogens with zero attached hydrogens (tertiary/aromatic N) is 3. The number of hydrogen-bond donors (Lipinski definition) is 0. The summed E-state index contributed by atoms with van der Waals surface area (Å²) >= 11 is 1.49. The molecule has 5 aromatic rings. The van der Waals surface area contributed by atoms with Crippen molar-refractivity contribution in [2.75, 3.05) is 0 Å². The molecule has 0 N–H and O–H groups in total. The van der Waals surface area contributed by atoms with Gasteiger partial charge in [-0.25, -0.2) is 9.97 Å². The Morgan fingerprint density at radius 2 is 1.71 bits per heavy atom. The van der Waals surface area contributed by atoms with Crippen molar-refractivity contribution in [2.24, 2.45) is 0 Å². The van der Waals surface area contributed by atoms with E-state index in [1.165, 1.54) is 15.7 Å². The molecule has 5 rings (SSSR count). The Bertz CT molecular complexity index is 1410. The smallest absolute Gasteiger partial charge is 0.301 e.